The van der Waals surface area contributed by atoms with Crippen LogP contribution < -0.4 is 10.2 Å². The fourth-order valence-corrected chi connectivity index (χ4v) is 3.98. The molecule has 146 valence electrons. The molecule has 2 heterocycles. The maximum Gasteiger partial charge on any atom is 0.223 e. The minimum absolute atomic E-state index is 0.0783. The number of aromatic nitrogens is 1. The highest BCUT2D eigenvalue weighted by atomic mass is 16.1. The quantitative estimate of drug-likeness (QED) is 0.851. The van der Waals surface area contributed by atoms with Crippen molar-refractivity contribution >= 4 is 22.6 Å². The van der Waals surface area contributed by atoms with Crippen LogP contribution >= 0.6 is 0 Å². The van der Waals surface area contributed by atoms with E-state index in [2.05, 4.69) is 67.3 Å². The Balaban J connectivity index is 1.52. The highest BCUT2D eigenvalue weighted by Gasteiger charge is 2.27. The number of piperidine rings is 1. The van der Waals surface area contributed by atoms with Gasteiger partial charge in [0.25, 0.3) is 0 Å². The number of hydrogen-bond acceptors (Lipinski definition) is 4. The first-order valence-electron chi connectivity index (χ1n) is 9.87. The number of hydrogen-bond donors (Lipinski definition) is 1. The Morgan fingerprint density at radius 3 is 2.59 bits per heavy atom. The zero-order chi connectivity index (χ0) is 19.4. The van der Waals surface area contributed by atoms with Gasteiger partial charge < -0.3 is 15.1 Å². The van der Waals surface area contributed by atoms with E-state index in [1.165, 1.54) is 0 Å². The lowest BCUT2D eigenvalue weighted by Gasteiger charge is -2.33. The zero-order valence-electron chi connectivity index (χ0n) is 17.0. The molecule has 0 aliphatic carbocycles. The zero-order valence-corrected chi connectivity index (χ0v) is 17.0. The normalized spacial score (nSPS) is 16.1. The highest BCUT2D eigenvalue weighted by molar-refractivity contribution is 5.81. The molecule has 1 aromatic heterocycles. The van der Waals surface area contributed by atoms with Crippen LogP contribution in [0.1, 0.15) is 26.7 Å². The van der Waals surface area contributed by atoms with Gasteiger partial charge in [-0.25, -0.2) is 4.98 Å². The van der Waals surface area contributed by atoms with Crippen LogP contribution in [0.25, 0.3) is 10.9 Å². The van der Waals surface area contributed by atoms with Gasteiger partial charge in [0.05, 0.1) is 5.52 Å². The number of benzene rings is 1. The molecule has 0 saturated carbocycles. The topological polar surface area (TPSA) is 48.5 Å². The van der Waals surface area contributed by atoms with Crippen molar-refractivity contribution in [2.45, 2.75) is 26.7 Å². The standard InChI is InChI=1S/C22H32N4O/c1-22(2,16-25(3)4)15-23-21(27)18-11-13-26(14-12-18)20-10-9-17-7-5-6-8-19(17)24-20/h5-10,18H,11-16H2,1-4H3,(H,23,27). The number of fused-ring (bicyclic) bond motifs is 1. The first-order valence-corrected chi connectivity index (χ1v) is 9.87. The molecule has 0 radical (unpaired) electrons. The van der Waals surface area contributed by atoms with Crippen molar-refractivity contribution in [3.8, 4) is 0 Å². The third-order valence-electron chi connectivity index (χ3n) is 5.26. The van der Waals surface area contributed by atoms with Crippen LogP contribution in [-0.4, -0.2) is 56.1 Å². The number of carbonyl (C=O) groups is 1. The lowest BCUT2D eigenvalue weighted by molar-refractivity contribution is -0.126. The number of carbonyl (C=O) groups excluding carboxylic acids is 1. The molecule has 5 heteroatoms. The molecule has 5 nitrogen and oxygen atoms in total. The molecule has 1 amide bonds. The third kappa shape index (κ3) is 5.19. The molecule has 2 aromatic rings. The number of para-hydroxylation sites is 1. The summed E-state index contributed by atoms with van der Waals surface area (Å²) in [4.78, 5) is 21.8. The summed E-state index contributed by atoms with van der Waals surface area (Å²) in [6.45, 7) is 7.83. The Labute approximate surface area is 162 Å². The van der Waals surface area contributed by atoms with Gasteiger partial charge in [0.2, 0.25) is 5.91 Å². The van der Waals surface area contributed by atoms with Gasteiger partial charge >= 0.3 is 0 Å². The maximum atomic E-state index is 12.6. The molecule has 1 aliphatic heterocycles. The van der Waals surface area contributed by atoms with Crippen LogP contribution in [0.5, 0.6) is 0 Å². The summed E-state index contributed by atoms with van der Waals surface area (Å²) in [5, 5.41) is 4.34. The van der Waals surface area contributed by atoms with E-state index in [0.29, 0.717) is 0 Å². The van der Waals surface area contributed by atoms with E-state index in [0.717, 1.165) is 55.7 Å². The van der Waals surface area contributed by atoms with Crippen LogP contribution in [0.4, 0.5) is 5.82 Å². The van der Waals surface area contributed by atoms with Crippen molar-refractivity contribution < 1.29 is 4.79 Å². The second-order valence-corrected chi connectivity index (χ2v) is 8.74. The Hall–Kier alpha value is -2.14. The Bertz CT molecular complexity index is 779. The number of pyridine rings is 1. The van der Waals surface area contributed by atoms with Gasteiger partial charge in [0.15, 0.2) is 0 Å². The summed E-state index contributed by atoms with van der Waals surface area (Å²) >= 11 is 0. The fourth-order valence-electron chi connectivity index (χ4n) is 3.98. The molecular formula is C22H32N4O. The van der Waals surface area contributed by atoms with E-state index < -0.39 is 0 Å². The highest BCUT2D eigenvalue weighted by Crippen LogP contribution is 2.24. The average Bonchev–Trinajstić information content (AvgIpc) is 2.65. The SMILES string of the molecule is CN(C)CC(C)(C)CNC(=O)C1CCN(c2ccc3ccccc3n2)CC1. The minimum atomic E-state index is 0.0783. The van der Waals surface area contributed by atoms with Crippen LogP contribution in [0.2, 0.25) is 0 Å². The molecular weight excluding hydrogens is 336 g/mol. The van der Waals surface area contributed by atoms with Gasteiger partial charge in [-0.05, 0) is 50.6 Å². The largest absolute Gasteiger partial charge is 0.357 e. The van der Waals surface area contributed by atoms with E-state index in [-0.39, 0.29) is 17.2 Å². The second kappa shape index (κ2) is 8.26. The molecule has 0 atom stereocenters. The van der Waals surface area contributed by atoms with Gasteiger partial charge in [0.1, 0.15) is 5.82 Å². The van der Waals surface area contributed by atoms with Gasteiger partial charge in [0, 0.05) is 37.5 Å². The molecule has 0 spiro atoms. The van der Waals surface area contributed by atoms with Gasteiger partial charge in [-0.2, -0.15) is 0 Å². The summed E-state index contributed by atoms with van der Waals surface area (Å²) < 4.78 is 0. The molecule has 1 aromatic carbocycles. The number of nitrogens with zero attached hydrogens (tertiary/aromatic N) is 3. The van der Waals surface area contributed by atoms with Crippen LogP contribution in [0.15, 0.2) is 36.4 Å². The fraction of sp³-hybridized carbons (Fsp3) is 0.545. The average molecular weight is 369 g/mol. The first kappa shape index (κ1) is 19.6. The minimum Gasteiger partial charge on any atom is -0.357 e. The molecule has 0 unspecified atom stereocenters. The van der Waals surface area contributed by atoms with Crippen molar-refractivity contribution in [2.75, 3.05) is 45.2 Å². The van der Waals surface area contributed by atoms with Crippen molar-refractivity contribution in [1.82, 2.24) is 15.2 Å². The van der Waals surface area contributed by atoms with Crippen LogP contribution in [0, 0.1) is 11.3 Å². The number of nitrogens with one attached hydrogen (secondary N) is 1. The Kier molecular flexibility index (Phi) is 6.00. The summed E-state index contributed by atoms with van der Waals surface area (Å²) in [5.74, 6) is 1.32. The van der Waals surface area contributed by atoms with Crippen molar-refractivity contribution in [2.24, 2.45) is 11.3 Å². The monoisotopic (exact) mass is 368 g/mol. The Morgan fingerprint density at radius 2 is 1.89 bits per heavy atom. The predicted molar refractivity (Wildman–Crippen MR) is 112 cm³/mol. The van der Waals surface area contributed by atoms with E-state index >= 15 is 0 Å². The summed E-state index contributed by atoms with van der Waals surface area (Å²) in [6, 6.07) is 12.4. The molecule has 1 N–H and O–H groups in total. The smallest absolute Gasteiger partial charge is 0.223 e. The van der Waals surface area contributed by atoms with Crippen LogP contribution in [-0.2, 0) is 4.79 Å². The lowest BCUT2D eigenvalue weighted by Crippen LogP contribution is -2.45. The lowest BCUT2D eigenvalue weighted by atomic mass is 9.91. The number of anilines is 1. The molecule has 0 bridgehead atoms. The van der Waals surface area contributed by atoms with E-state index in [9.17, 15) is 4.79 Å². The van der Waals surface area contributed by atoms with Gasteiger partial charge in [-0.3, -0.25) is 4.79 Å². The van der Waals surface area contributed by atoms with Crippen molar-refractivity contribution in [3.05, 3.63) is 36.4 Å². The molecule has 1 saturated heterocycles. The van der Waals surface area contributed by atoms with E-state index in [1.54, 1.807) is 0 Å². The van der Waals surface area contributed by atoms with Crippen molar-refractivity contribution in [3.63, 3.8) is 0 Å². The maximum absolute atomic E-state index is 12.6. The van der Waals surface area contributed by atoms with Gasteiger partial charge in [-0.15, -0.1) is 0 Å². The molecule has 3 rings (SSSR count). The third-order valence-corrected chi connectivity index (χ3v) is 5.26. The van der Waals surface area contributed by atoms with Gasteiger partial charge in [-0.1, -0.05) is 32.0 Å². The summed E-state index contributed by atoms with van der Waals surface area (Å²) in [7, 11) is 4.14. The number of amides is 1. The number of rotatable bonds is 6. The van der Waals surface area contributed by atoms with E-state index in [4.69, 9.17) is 4.98 Å². The molecule has 1 fully saturated rings. The Morgan fingerprint density at radius 1 is 1.19 bits per heavy atom. The summed E-state index contributed by atoms with van der Waals surface area (Å²) in [5.41, 5.74) is 1.10. The molecule has 27 heavy (non-hydrogen) atoms. The van der Waals surface area contributed by atoms with E-state index in [1.807, 2.05) is 12.1 Å². The predicted octanol–water partition coefficient (Wildman–Crippen LogP) is 3.16. The van der Waals surface area contributed by atoms with Crippen LogP contribution in [0.3, 0.4) is 0 Å². The second-order valence-electron chi connectivity index (χ2n) is 8.74. The molecule has 1 aliphatic rings. The van der Waals surface area contributed by atoms with Crippen molar-refractivity contribution in [1.29, 1.82) is 0 Å². The summed E-state index contributed by atoms with van der Waals surface area (Å²) in [6.07, 6.45) is 1.77. The first-order chi connectivity index (χ1) is 12.8.